The molecule has 0 aliphatic carbocycles. The maximum Gasteiger partial charge on any atom is 0.417 e. The number of halogens is 6. The Morgan fingerprint density at radius 1 is 1.19 bits per heavy atom. The molecule has 0 unspecified atom stereocenters. The number of nitrogens with one attached hydrogen (secondary N) is 1. The molecule has 0 aliphatic heterocycles. The zero-order valence-electron chi connectivity index (χ0n) is 12.9. The second-order valence-electron chi connectivity index (χ2n) is 4.98. The van der Waals surface area contributed by atoms with E-state index in [2.05, 4.69) is 26.0 Å². The molecule has 26 heavy (non-hydrogen) atoms. The van der Waals surface area contributed by atoms with E-state index in [1.54, 1.807) is 0 Å². The highest BCUT2D eigenvalue weighted by molar-refractivity contribution is 9.10. The Morgan fingerprint density at radius 3 is 2.38 bits per heavy atom. The minimum absolute atomic E-state index is 0.0180. The number of alkyl halides is 3. The van der Waals surface area contributed by atoms with E-state index in [0.29, 0.717) is 0 Å². The number of hydrogen-bond donors (Lipinski definition) is 1. The molecule has 0 spiro atoms. The third kappa shape index (κ3) is 4.72. The Kier molecular flexibility index (Phi) is 6.25. The molecular formula is C16H9BrClF4NO2S. The molecule has 0 atom stereocenters. The summed E-state index contributed by atoms with van der Waals surface area (Å²) in [6.45, 7) is 0. The zero-order valence-corrected chi connectivity index (χ0v) is 16.0. The molecule has 10 heteroatoms. The van der Waals surface area contributed by atoms with Gasteiger partial charge in [0, 0.05) is 10.0 Å². The van der Waals surface area contributed by atoms with E-state index in [4.69, 9.17) is 23.8 Å². The maximum atomic E-state index is 13.7. The van der Waals surface area contributed by atoms with Crippen molar-refractivity contribution in [2.75, 3.05) is 12.4 Å². The number of esters is 1. The van der Waals surface area contributed by atoms with Crippen LogP contribution in [0, 0.1) is 5.82 Å². The van der Waals surface area contributed by atoms with Crippen molar-refractivity contribution in [1.82, 2.24) is 0 Å². The lowest BCUT2D eigenvalue weighted by Gasteiger charge is -2.15. The predicted octanol–water partition coefficient (Wildman–Crippen LogP) is 5.83. The van der Waals surface area contributed by atoms with Crippen LogP contribution in [0.4, 0.5) is 23.2 Å². The van der Waals surface area contributed by atoms with E-state index in [1.807, 2.05) is 0 Å². The number of anilines is 1. The number of methoxy groups -OCH3 is 1. The largest absolute Gasteiger partial charge is 0.465 e. The first kappa shape index (κ1) is 20.6. The van der Waals surface area contributed by atoms with Gasteiger partial charge in [0.2, 0.25) is 0 Å². The third-order valence-corrected chi connectivity index (χ3v) is 4.50. The molecule has 0 amide bonds. The Labute approximate surface area is 164 Å². The Balaban J connectivity index is 2.39. The SMILES string of the molecule is COC(=O)c1cc(F)cc(C(=S)Nc2cc(C(F)(F)F)c(Cl)cc2Br)c1. The minimum Gasteiger partial charge on any atom is -0.465 e. The average Bonchev–Trinajstić information content (AvgIpc) is 2.54. The van der Waals surface area contributed by atoms with Gasteiger partial charge in [0.05, 0.1) is 28.9 Å². The van der Waals surface area contributed by atoms with Crippen molar-refractivity contribution in [2.45, 2.75) is 6.18 Å². The van der Waals surface area contributed by atoms with Gasteiger partial charge in [-0.05, 0) is 46.3 Å². The number of thiocarbonyl (C=S) groups is 1. The molecule has 0 saturated carbocycles. The van der Waals surface area contributed by atoms with Crippen LogP contribution in [-0.2, 0) is 10.9 Å². The molecule has 3 nitrogen and oxygen atoms in total. The van der Waals surface area contributed by atoms with Crippen molar-refractivity contribution in [3.05, 3.63) is 62.3 Å². The summed E-state index contributed by atoms with van der Waals surface area (Å²) in [6, 6.07) is 5.10. The number of hydrogen-bond acceptors (Lipinski definition) is 3. The Morgan fingerprint density at radius 2 is 1.81 bits per heavy atom. The van der Waals surface area contributed by atoms with E-state index in [9.17, 15) is 22.4 Å². The van der Waals surface area contributed by atoms with Crippen molar-refractivity contribution >= 4 is 56.4 Å². The van der Waals surface area contributed by atoms with Gasteiger partial charge in [0.15, 0.2) is 0 Å². The molecule has 0 radical (unpaired) electrons. The smallest absolute Gasteiger partial charge is 0.417 e. The summed E-state index contributed by atoms with van der Waals surface area (Å²) in [5, 5.41) is 2.10. The highest BCUT2D eigenvalue weighted by Crippen LogP contribution is 2.39. The summed E-state index contributed by atoms with van der Waals surface area (Å²) in [7, 11) is 1.13. The third-order valence-electron chi connectivity index (χ3n) is 3.19. The van der Waals surface area contributed by atoms with E-state index >= 15 is 0 Å². The van der Waals surface area contributed by atoms with E-state index < -0.39 is 28.5 Å². The van der Waals surface area contributed by atoms with Crippen molar-refractivity contribution in [3.63, 3.8) is 0 Å². The number of rotatable bonds is 3. The van der Waals surface area contributed by atoms with Crippen molar-refractivity contribution in [1.29, 1.82) is 0 Å². The molecule has 0 aliphatic rings. The standard InChI is InChI=1S/C16H9BrClF4NO2S/c1-25-15(24)8-2-7(3-9(19)4-8)14(26)23-13-5-10(16(20,21)22)12(18)6-11(13)17/h2-6H,1H3,(H,23,26). The first-order valence-electron chi connectivity index (χ1n) is 6.79. The van der Waals surface area contributed by atoms with Crippen LogP contribution in [0.2, 0.25) is 5.02 Å². The molecule has 0 saturated heterocycles. The van der Waals surface area contributed by atoms with Gasteiger partial charge >= 0.3 is 12.1 Å². The van der Waals surface area contributed by atoms with Crippen molar-refractivity contribution in [2.24, 2.45) is 0 Å². The first-order chi connectivity index (χ1) is 12.0. The topological polar surface area (TPSA) is 38.3 Å². The van der Waals surface area contributed by atoms with Crippen LogP contribution in [0.1, 0.15) is 21.5 Å². The molecule has 2 rings (SSSR count). The highest BCUT2D eigenvalue weighted by atomic mass is 79.9. The number of carbonyl (C=O) groups is 1. The van der Waals surface area contributed by atoms with Crippen LogP contribution in [-0.4, -0.2) is 18.1 Å². The lowest BCUT2D eigenvalue weighted by Crippen LogP contribution is -2.14. The molecule has 2 aromatic carbocycles. The maximum absolute atomic E-state index is 13.7. The number of benzene rings is 2. The van der Waals surface area contributed by atoms with Crippen molar-refractivity contribution in [3.8, 4) is 0 Å². The molecule has 2 aromatic rings. The van der Waals surface area contributed by atoms with Crippen LogP contribution in [0.25, 0.3) is 0 Å². The fourth-order valence-electron chi connectivity index (χ4n) is 2.01. The Hall–Kier alpha value is -1.71. The van der Waals surface area contributed by atoms with Gasteiger partial charge in [-0.2, -0.15) is 13.2 Å². The molecule has 1 N–H and O–H groups in total. The van der Waals surface area contributed by atoms with Gasteiger partial charge in [-0.3, -0.25) is 0 Å². The fourth-order valence-corrected chi connectivity index (χ4v) is 3.09. The van der Waals surface area contributed by atoms with E-state index in [1.165, 1.54) is 6.07 Å². The van der Waals surface area contributed by atoms with Crippen LogP contribution < -0.4 is 5.32 Å². The minimum atomic E-state index is -4.66. The fraction of sp³-hybridized carbons (Fsp3) is 0.125. The quantitative estimate of drug-likeness (QED) is 0.348. The lowest BCUT2D eigenvalue weighted by molar-refractivity contribution is -0.137. The predicted molar refractivity (Wildman–Crippen MR) is 97.2 cm³/mol. The summed E-state index contributed by atoms with van der Waals surface area (Å²) in [5.41, 5.74) is -1.06. The normalized spacial score (nSPS) is 11.2. The average molecular weight is 471 g/mol. The highest BCUT2D eigenvalue weighted by Gasteiger charge is 2.34. The molecular weight excluding hydrogens is 462 g/mol. The number of ether oxygens (including phenoxy) is 1. The van der Waals surface area contributed by atoms with Gasteiger partial charge in [-0.15, -0.1) is 0 Å². The summed E-state index contributed by atoms with van der Waals surface area (Å²) in [4.78, 5) is 11.5. The van der Waals surface area contributed by atoms with Crippen LogP contribution in [0.5, 0.6) is 0 Å². The zero-order chi connectivity index (χ0) is 19.6. The van der Waals surface area contributed by atoms with Crippen LogP contribution in [0.15, 0.2) is 34.8 Å². The molecule has 0 bridgehead atoms. The van der Waals surface area contributed by atoms with Gasteiger partial charge in [0.1, 0.15) is 10.8 Å². The Bertz CT molecular complexity index is 889. The summed E-state index contributed by atoms with van der Waals surface area (Å²) in [6.07, 6.45) is -4.66. The second-order valence-corrected chi connectivity index (χ2v) is 6.65. The number of carbonyl (C=O) groups excluding carboxylic acids is 1. The van der Waals surface area contributed by atoms with Gasteiger partial charge in [0.25, 0.3) is 0 Å². The van der Waals surface area contributed by atoms with E-state index in [-0.39, 0.29) is 26.3 Å². The van der Waals surface area contributed by atoms with E-state index in [0.717, 1.165) is 31.4 Å². The van der Waals surface area contributed by atoms with Gasteiger partial charge < -0.3 is 10.1 Å². The molecule has 0 heterocycles. The van der Waals surface area contributed by atoms with Gasteiger partial charge in [-0.25, -0.2) is 9.18 Å². The van der Waals surface area contributed by atoms with Crippen LogP contribution >= 0.6 is 39.7 Å². The molecule has 138 valence electrons. The summed E-state index contributed by atoms with van der Waals surface area (Å²) < 4.78 is 57.4. The van der Waals surface area contributed by atoms with Crippen molar-refractivity contribution < 1.29 is 27.1 Å². The van der Waals surface area contributed by atoms with Crippen LogP contribution in [0.3, 0.4) is 0 Å². The second kappa shape index (κ2) is 7.89. The lowest BCUT2D eigenvalue weighted by atomic mass is 10.1. The summed E-state index contributed by atoms with van der Waals surface area (Å²) in [5.74, 6) is -1.53. The first-order valence-corrected chi connectivity index (χ1v) is 8.37. The molecule has 0 aromatic heterocycles. The summed E-state index contributed by atoms with van der Waals surface area (Å²) >= 11 is 13.8. The molecule has 0 fully saturated rings. The van der Waals surface area contributed by atoms with Gasteiger partial charge in [-0.1, -0.05) is 23.8 Å². The monoisotopic (exact) mass is 469 g/mol.